The molecule has 0 aromatic carbocycles. The Hall–Kier alpha value is -2.15. The van der Waals surface area contributed by atoms with Crippen molar-refractivity contribution in [1.82, 2.24) is 20.0 Å². The number of carbonyl (C=O) groups is 2. The van der Waals surface area contributed by atoms with Crippen molar-refractivity contribution in [2.45, 2.75) is 65.5 Å². The molecule has 29 heavy (non-hydrogen) atoms. The molecule has 0 aliphatic carbocycles. The highest BCUT2D eigenvalue weighted by atomic mass is 32.1. The zero-order chi connectivity index (χ0) is 21.3. The second kappa shape index (κ2) is 8.30. The number of aryl methyl sites for hydroxylation is 3. The number of hydrogen-bond acceptors (Lipinski definition) is 4. The Bertz CT molecular complexity index is 893. The van der Waals surface area contributed by atoms with Gasteiger partial charge in [-0.15, -0.1) is 11.3 Å². The molecule has 6 nitrogen and oxygen atoms in total. The van der Waals surface area contributed by atoms with Crippen molar-refractivity contribution in [3.05, 3.63) is 39.3 Å². The van der Waals surface area contributed by atoms with E-state index in [4.69, 9.17) is 0 Å². The molecule has 0 bridgehead atoms. The molecular formula is C22H32N4O2S. The average Bonchev–Trinajstić information content (AvgIpc) is 3.30. The normalized spacial score (nSPS) is 19.8. The summed E-state index contributed by atoms with van der Waals surface area (Å²) >= 11 is 1.55. The van der Waals surface area contributed by atoms with E-state index in [0.29, 0.717) is 13.0 Å². The molecule has 158 valence electrons. The van der Waals surface area contributed by atoms with Gasteiger partial charge < -0.3 is 10.2 Å². The topological polar surface area (TPSA) is 67.2 Å². The van der Waals surface area contributed by atoms with Crippen LogP contribution < -0.4 is 5.32 Å². The van der Waals surface area contributed by atoms with Gasteiger partial charge in [0.25, 0.3) is 5.91 Å². The number of thiophene rings is 1. The number of likely N-dealkylation sites (tertiary alicyclic amines) is 1. The van der Waals surface area contributed by atoms with Gasteiger partial charge in [-0.1, -0.05) is 13.3 Å². The van der Waals surface area contributed by atoms with Crippen LogP contribution in [0, 0.1) is 12.8 Å². The second-order valence-electron chi connectivity index (χ2n) is 8.94. The summed E-state index contributed by atoms with van der Waals surface area (Å²) in [4.78, 5) is 29.5. The van der Waals surface area contributed by atoms with Crippen molar-refractivity contribution in [2.75, 3.05) is 6.54 Å². The Morgan fingerprint density at radius 3 is 2.69 bits per heavy atom. The van der Waals surface area contributed by atoms with E-state index < -0.39 is 0 Å². The first kappa shape index (κ1) is 21.6. The molecule has 2 amide bonds. The fraction of sp³-hybridized carbons (Fsp3) is 0.591. The van der Waals surface area contributed by atoms with Gasteiger partial charge in [-0.2, -0.15) is 5.10 Å². The van der Waals surface area contributed by atoms with E-state index >= 15 is 0 Å². The average molecular weight is 417 g/mol. The number of hydrogen-bond donors (Lipinski definition) is 1. The summed E-state index contributed by atoms with van der Waals surface area (Å²) in [5.74, 6) is 0.0981. The van der Waals surface area contributed by atoms with Gasteiger partial charge >= 0.3 is 0 Å². The predicted octanol–water partition coefficient (Wildman–Crippen LogP) is 3.86. The molecule has 3 rings (SSSR count). The highest BCUT2D eigenvalue weighted by Crippen LogP contribution is 2.42. The summed E-state index contributed by atoms with van der Waals surface area (Å²) in [6, 6.07) is 1.93. The Morgan fingerprint density at radius 1 is 1.38 bits per heavy atom. The van der Waals surface area contributed by atoms with Crippen LogP contribution in [0.5, 0.6) is 0 Å². The molecule has 2 aromatic rings. The van der Waals surface area contributed by atoms with Crippen molar-refractivity contribution in [3.63, 3.8) is 0 Å². The fourth-order valence-corrected chi connectivity index (χ4v) is 5.24. The SMILES string of the molecule is CCCc1cc(C(=O)NC[C@@H]2CC(=O)N(C(C)(C)C)[C@H]2c2cnn(C)c2)sc1C. The first-order valence-corrected chi connectivity index (χ1v) is 11.1. The van der Waals surface area contributed by atoms with Crippen molar-refractivity contribution in [1.29, 1.82) is 0 Å². The third kappa shape index (κ3) is 4.55. The Labute approximate surface area is 177 Å². The lowest BCUT2D eigenvalue weighted by Crippen LogP contribution is -2.44. The molecule has 1 fully saturated rings. The second-order valence-corrected chi connectivity index (χ2v) is 10.2. The van der Waals surface area contributed by atoms with Gasteiger partial charge in [-0.3, -0.25) is 14.3 Å². The van der Waals surface area contributed by atoms with E-state index in [1.807, 2.05) is 30.4 Å². The summed E-state index contributed by atoms with van der Waals surface area (Å²) in [5.41, 5.74) is 1.98. The van der Waals surface area contributed by atoms with Crippen LogP contribution in [0.4, 0.5) is 0 Å². The molecule has 0 unspecified atom stereocenters. The van der Waals surface area contributed by atoms with Gasteiger partial charge in [-0.25, -0.2) is 0 Å². The van der Waals surface area contributed by atoms with Gasteiger partial charge in [0, 0.05) is 48.1 Å². The molecule has 0 saturated carbocycles. The minimum atomic E-state index is -0.295. The van der Waals surface area contributed by atoms with Crippen molar-refractivity contribution in [3.8, 4) is 0 Å². The lowest BCUT2D eigenvalue weighted by Gasteiger charge is -2.38. The largest absolute Gasteiger partial charge is 0.351 e. The number of rotatable bonds is 6. The summed E-state index contributed by atoms with van der Waals surface area (Å²) in [6.45, 7) is 10.8. The molecule has 1 saturated heterocycles. The third-order valence-corrected chi connectivity index (χ3v) is 6.60. The smallest absolute Gasteiger partial charge is 0.261 e. The zero-order valence-corrected chi connectivity index (χ0v) is 19.1. The molecule has 2 aromatic heterocycles. The molecule has 1 N–H and O–H groups in total. The number of amides is 2. The highest BCUT2D eigenvalue weighted by Gasteiger charge is 2.45. The monoisotopic (exact) mass is 416 g/mol. The molecular weight excluding hydrogens is 384 g/mol. The lowest BCUT2D eigenvalue weighted by molar-refractivity contribution is -0.133. The molecule has 0 radical (unpaired) electrons. The van der Waals surface area contributed by atoms with Crippen LogP contribution in [0.15, 0.2) is 18.5 Å². The number of nitrogens with zero attached hydrogens (tertiary/aromatic N) is 3. The zero-order valence-electron chi connectivity index (χ0n) is 18.3. The first-order chi connectivity index (χ1) is 13.6. The summed E-state index contributed by atoms with van der Waals surface area (Å²) in [5, 5.41) is 7.39. The number of aromatic nitrogens is 2. The van der Waals surface area contributed by atoms with Gasteiger partial charge in [0.15, 0.2) is 0 Å². The Morgan fingerprint density at radius 2 is 2.10 bits per heavy atom. The first-order valence-electron chi connectivity index (χ1n) is 10.3. The van der Waals surface area contributed by atoms with E-state index in [9.17, 15) is 9.59 Å². The van der Waals surface area contributed by atoms with Crippen LogP contribution in [0.25, 0.3) is 0 Å². The van der Waals surface area contributed by atoms with Crippen LogP contribution >= 0.6 is 11.3 Å². The van der Waals surface area contributed by atoms with Crippen molar-refractivity contribution < 1.29 is 9.59 Å². The van der Waals surface area contributed by atoms with E-state index in [1.165, 1.54) is 10.4 Å². The summed E-state index contributed by atoms with van der Waals surface area (Å²) in [7, 11) is 1.88. The lowest BCUT2D eigenvalue weighted by atomic mass is 9.93. The molecule has 1 aliphatic rings. The van der Waals surface area contributed by atoms with Crippen LogP contribution in [0.1, 0.15) is 72.3 Å². The standard InChI is InChI=1S/C22H32N4O2S/c1-7-8-15-9-18(29-14(15)2)21(28)23-11-16-10-19(27)26(22(3,4)5)20(16)17-12-24-25(6)13-17/h9,12-13,16,20H,7-8,10-11H2,1-6H3,(H,23,28)/t16-,20+/m0/s1. The quantitative estimate of drug-likeness (QED) is 0.777. The highest BCUT2D eigenvalue weighted by molar-refractivity contribution is 7.14. The minimum absolute atomic E-state index is 0.0195. The van der Waals surface area contributed by atoms with Crippen LogP contribution in [0.2, 0.25) is 0 Å². The predicted molar refractivity (Wildman–Crippen MR) is 116 cm³/mol. The molecule has 0 spiro atoms. The van der Waals surface area contributed by atoms with Crippen LogP contribution in [-0.4, -0.2) is 38.6 Å². The Balaban J connectivity index is 1.77. The van der Waals surface area contributed by atoms with Crippen LogP contribution in [-0.2, 0) is 18.3 Å². The molecule has 7 heteroatoms. The van der Waals surface area contributed by atoms with Crippen molar-refractivity contribution >= 4 is 23.2 Å². The van der Waals surface area contributed by atoms with Crippen molar-refractivity contribution in [2.24, 2.45) is 13.0 Å². The van der Waals surface area contributed by atoms with E-state index in [1.54, 1.807) is 16.0 Å². The maximum absolute atomic E-state index is 12.8. The maximum atomic E-state index is 12.8. The van der Waals surface area contributed by atoms with E-state index in [0.717, 1.165) is 23.3 Å². The maximum Gasteiger partial charge on any atom is 0.261 e. The molecule has 1 aliphatic heterocycles. The van der Waals surface area contributed by atoms with Gasteiger partial charge in [-0.05, 0) is 45.7 Å². The number of carbonyl (C=O) groups excluding carboxylic acids is 2. The molecule has 3 heterocycles. The van der Waals surface area contributed by atoms with Gasteiger partial charge in [0.05, 0.1) is 17.1 Å². The van der Waals surface area contributed by atoms with E-state index in [2.05, 4.69) is 45.0 Å². The summed E-state index contributed by atoms with van der Waals surface area (Å²) < 4.78 is 1.76. The van der Waals surface area contributed by atoms with Gasteiger partial charge in [0.2, 0.25) is 5.91 Å². The third-order valence-electron chi connectivity index (χ3n) is 5.51. The van der Waals surface area contributed by atoms with Crippen LogP contribution in [0.3, 0.4) is 0 Å². The molecule has 2 atom stereocenters. The number of nitrogens with one attached hydrogen (secondary N) is 1. The summed E-state index contributed by atoms with van der Waals surface area (Å²) in [6.07, 6.45) is 6.29. The van der Waals surface area contributed by atoms with Gasteiger partial charge in [0.1, 0.15) is 0 Å². The minimum Gasteiger partial charge on any atom is -0.351 e. The Kier molecular flexibility index (Phi) is 6.17. The van der Waals surface area contributed by atoms with E-state index in [-0.39, 0.29) is 29.3 Å². The fourth-order valence-electron chi connectivity index (χ4n) is 4.25.